The third-order valence-electron chi connectivity index (χ3n) is 5.69. The second-order valence-electron chi connectivity index (χ2n) is 7.46. The zero-order chi connectivity index (χ0) is 19.3. The molecule has 7 nitrogen and oxygen atoms in total. The van der Waals surface area contributed by atoms with Crippen LogP contribution in [0.4, 0.5) is 0 Å². The highest BCUT2D eigenvalue weighted by molar-refractivity contribution is 5.74. The molecule has 5 rings (SSSR count). The van der Waals surface area contributed by atoms with E-state index in [1.54, 1.807) is 13.3 Å². The number of aryl methyl sites for hydroxylation is 1. The van der Waals surface area contributed by atoms with Gasteiger partial charge in [0, 0.05) is 11.9 Å². The third kappa shape index (κ3) is 2.58. The summed E-state index contributed by atoms with van der Waals surface area (Å²) in [6, 6.07) is 6.39. The SMILES string of the molecule is COc1ccc2c(c1)CCC2n1ncc2cnc(C3(N)C=CC(N)=CC3)nc21. The van der Waals surface area contributed by atoms with Crippen molar-refractivity contribution < 1.29 is 4.74 Å². The van der Waals surface area contributed by atoms with Gasteiger partial charge in [-0.15, -0.1) is 0 Å². The highest BCUT2D eigenvalue weighted by Gasteiger charge is 2.31. The fourth-order valence-electron chi connectivity index (χ4n) is 4.07. The van der Waals surface area contributed by atoms with E-state index in [1.165, 1.54) is 11.1 Å². The van der Waals surface area contributed by atoms with Crippen LogP contribution in [0.1, 0.15) is 35.8 Å². The van der Waals surface area contributed by atoms with Gasteiger partial charge in [-0.1, -0.05) is 18.2 Å². The van der Waals surface area contributed by atoms with Crippen molar-refractivity contribution in [1.29, 1.82) is 0 Å². The fourth-order valence-corrected chi connectivity index (χ4v) is 4.07. The predicted molar refractivity (Wildman–Crippen MR) is 107 cm³/mol. The topological polar surface area (TPSA) is 105 Å². The molecule has 0 amide bonds. The summed E-state index contributed by atoms with van der Waals surface area (Å²) in [5.74, 6) is 1.46. The zero-order valence-electron chi connectivity index (χ0n) is 15.7. The molecular formula is C21H22N6O. The lowest BCUT2D eigenvalue weighted by Gasteiger charge is -2.25. The molecule has 4 N–H and O–H groups in total. The number of allylic oxidation sites excluding steroid dienone is 1. The van der Waals surface area contributed by atoms with Gasteiger partial charge in [0.2, 0.25) is 0 Å². The number of rotatable bonds is 3. The number of hydrogen-bond donors (Lipinski definition) is 2. The van der Waals surface area contributed by atoms with E-state index in [4.69, 9.17) is 21.2 Å². The molecule has 2 aliphatic rings. The van der Waals surface area contributed by atoms with Crippen molar-refractivity contribution in [2.45, 2.75) is 30.8 Å². The maximum Gasteiger partial charge on any atom is 0.162 e. The molecule has 142 valence electrons. The van der Waals surface area contributed by atoms with Crippen LogP contribution in [0, 0.1) is 0 Å². The third-order valence-corrected chi connectivity index (χ3v) is 5.69. The Morgan fingerprint density at radius 2 is 2.18 bits per heavy atom. The molecule has 0 bridgehead atoms. The Hall–Kier alpha value is -3.19. The van der Waals surface area contributed by atoms with Crippen LogP contribution < -0.4 is 16.2 Å². The first-order chi connectivity index (χ1) is 13.6. The van der Waals surface area contributed by atoms with Crippen LogP contribution in [0.5, 0.6) is 5.75 Å². The highest BCUT2D eigenvalue weighted by atomic mass is 16.5. The Morgan fingerprint density at radius 1 is 1.29 bits per heavy atom. The van der Waals surface area contributed by atoms with Crippen LogP contribution in [0.15, 0.2) is 54.5 Å². The van der Waals surface area contributed by atoms with Crippen molar-refractivity contribution in [2.75, 3.05) is 7.11 Å². The van der Waals surface area contributed by atoms with E-state index in [1.807, 2.05) is 35.2 Å². The number of hydrogen-bond acceptors (Lipinski definition) is 6. The molecule has 1 aromatic carbocycles. The molecule has 2 aliphatic carbocycles. The van der Waals surface area contributed by atoms with Crippen LogP contribution in [0.3, 0.4) is 0 Å². The van der Waals surface area contributed by atoms with Crippen LogP contribution in [-0.2, 0) is 12.0 Å². The zero-order valence-corrected chi connectivity index (χ0v) is 15.7. The van der Waals surface area contributed by atoms with E-state index in [-0.39, 0.29) is 6.04 Å². The molecule has 2 aromatic heterocycles. The van der Waals surface area contributed by atoms with E-state index >= 15 is 0 Å². The first-order valence-corrected chi connectivity index (χ1v) is 9.39. The Bertz CT molecular complexity index is 1130. The molecule has 28 heavy (non-hydrogen) atoms. The van der Waals surface area contributed by atoms with E-state index < -0.39 is 5.54 Å². The number of ether oxygens (including phenoxy) is 1. The van der Waals surface area contributed by atoms with Crippen LogP contribution in [0.2, 0.25) is 0 Å². The van der Waals surface area contributed by atoms with Crippen LogP contribution in [-0.4, -0.2) is 26.9 Å². The average Bonchev–Trinajstić information content (AvgIpc) is 3.32. The first kappa shape index (κ1) is 16.9. The summed E-state index contributed by atoms with van der Waals surface area (Å²) in [5, 5.41) is 5.54. The summed E-state index contributed by atoms with van der Waals surface area (Å²) in [6.07, 6.45) is 11.8. The molecule has 0 saturated heterocycles. The van der Waals surface area contributed by atoms with Gasteiger partial charge >= 0.3 is 0 Å². The van der Waals surface area contributed by atoms with Gasteiger partial charge in [0.15, 0.2) is 11.5 Å². The second-order valence-corrected chi connectivity index (χ2v) is 7.46. The number of nitrogens with two attached hydrogens (primary N) is 2. The Balaban J connectivity index is 1.57. The van der Waals surface area contributed by atoms with Crippen LogP contribution >= 0.6 is 0 Å². The van der Waals surface area contributed by atoms with Crippen molar-refractivity contribution in [1.82, 2.24) is 19.7 Å². The molecule has 2 unspecified atom stereocenters. The highest BCUT2D eigenvalue weighted by Crippen LogP contribution is 2.37. The number of fused-ring (bicyclic) bond motifs is 2. The molecule has 0 saturated carbocycles. The lowest BCUT2D eigenvalue weighted by molar-refractivity contribution is 0.414. The summed E-state index contributed by atoms with van der Waals surface area (Å²) in [7, 11) is 1.69. The van der Waals surface area contributed by atoms with E-state index in [9.17, 15) is 0 Å². The summed E-state index contributed by atoms with van der Waals surface area (Å²) in [6.45, 7) is 0. The molecule has 0 aliphatic heterocycles. The summed E-state index contributed by atoms with van der Waals surface area (Å²) in [4.78, 5) is 9.33. The van der Waals surface area contributed by atoms with Gasteiger partial charge in [-0.05, 0) is 48.6 Å². The monoisotopic (exact) mass is 374 g/mol. The van der Waals surface area contributed by atoms with Gasteiger partial charge in [-0.3, -0.25) is 0 Å². The Labute approximate surface area is 162 Å². The molecule has 0 spiro atoms. The maximum absolute atomic E-state index is 6.56. The minimum absolute atomic E-state index is 0.146. The van der Waals surface area contributed by atoms with Gasteiger partial charge in [-0.25, -0.2) is 14.6 Å². The average molecular weight is 374 g/mol. The molecular weight excluding hydrogens is 352 g/mol. The first-order valence-electron chi connectivity index (χ1n) is 9.39. The number of nitrogens with zero attached hydrogens (tertiary/aromatic N) is 4. The van der Waals surface area contributed by atoms with Gasteiger partial charge in [0.05, 0.1) is 30.3 Å². The predicted octanol–water partition coefficient (Wildman–Crippen LogP) is 2.33. The molecule has 0 fully saturated rings. The van der Waals surface area contributed by atoms with Crippen molar-refractivity contribution in [3.05, 3.63) is 71.5 Å². The summed E-state index contributed by atoms with van der Waals surface area (Å²) in [5.41, 5.74) is 15.7. The molecule has 2 heterocycles. The smallest absolute Gasteiger partial charge is 0.162 e. The van der Waals surface area contributed by atoms with Crippen molar-refractivity contribution in [3.63, 3.8) is 0 Å². The minimum atomic E-state index is -0.757. The standard InChI is InChI=1S/C21H22N6O/c1-28-16-3-4-17-13(10-16)2-5-18(17)27-19-14(12-25-27)11-24-20(26-19)21(23)8-6-15(22)7-9-21/h3-4,6-8,10-12,18H,2,5,9,22-23H2,1H3. The number of aromatic nitrogens is 4. The van der Waals surface area contributed by atoms with E-state index in [0.29, 0.717) is 17.9 Å². The molecule has 2 atom stereocenters. The normalized spacial score (nSPS) is 23.6. The lowest BCUT2D eigenvalue weighted by atomic mass is 9.90. The van der Waals surface area contributed by atoms with Crippen molar-refractivity contribution in [2.24, 2.45) is 11.5 Å². The largest absolute Gasteiger partial charge is 0.497 e. The number of methoxy groups -OCH3 is 1. The van der Waals surface area contributed by atoms with Gasteiger partial charge in [0.25, 0.3) is 0 Å². The lowest BCUT2D eigenvalue weighted by Crippen LogP contribution is -2.37. The van der Waals surface area contributed by atoms with E-state index in [2.05, 4.69) is 22.2 Å². The summed E-state index contributed by atoms with van der Waals surface area (Å²) < 4.78 is 7.36. The van der Waals surface area contributed by atoms with Gasteiger partial charge < -0.3 is 16.2 Å². The van der Waals surface area contributed by atoms with E-state index in [0.717, 1.165) is 29.6 Å². The quantitative estimate of drug-likeness (QED) is 0.729. The van der Waals surface area contributed by atoms with Crippen LogP contribution in [0.25, 0.3) is 11.0 Å². The second kappa shape index (κ2) is 6.17. The van der Waals surface area contributed by atoms with Gasteiger partial charge in [-0.2, -0.15) is 5.10 Å². The minimum Gasteiger partial charge on any atom is -0.497 e. The molecule has 0 radical (unpaired) electrons. The maximum atomic E-state index is 6.56. The van der Waals surface area contributed by atoms with Crippen molar-refractivity contribution in [3.8, 4) is 5.75 Å². The fraction of sp³-hybridized carbons (Fsp3) is 0.286. The summed E-state index contributed by atoms with van der Waals surface area (Å²) >= 11 is 0. The van der Waals surface area contributed by atoms with Crippen molar-refractivity contribution >= 4 is 11.0 Å². The molecule has 7 heteroatoms. The van der Waals surface area contributed by atoms with Gasteiger partial charge in [0.1, 0.15) is 5.75 Å². The number of benzene rings is 1. The Kier molecular flexibility index (Phi) is 3.73. The molecule has 3 aromatic rings. The Morgan fingerprint density at radius 3 is 2.96 bits per heavy atom.